The highest BCUT2D eigenvalue weighted by Gasteiger charge is 2.19. The number of nitrogens with one attached hydrogen (secondary N) is 1. The Labute approximate surface area is 207 Å². The van der Waals surface area contributed by atoms with Crippen molar-refractivity contribution in [3.05, 3.63) is 142 Å². The number of anilines is 1. The van der Waals surface area contributed by atoms with Gasteiger partial charge in [0.2, 0.25) is 0 Å². The third-order valence-electron chi connectivity index (χ3n) is 5.84. The Morgan fingerprint density at radius 1 is 0.778 bits per heavy atom. The minimum absolute atomic E-state index is 0.0194. The number of pyridine rings is 1. The molecule has 0 bridgehead atoms. The van der Waals surface area contributed by atoms with Crippen LogP contribution in [0.4, 0.5) is 10.2 Å². The molecule has 0 radical (unpaired) electrons. The first-order chi connectivity index (χ1) is 17.6. The fraction of sp³-hybridized carbons (Fsp3) is 0.0690. The van der Waals surface area contributed by atoms with Crippen LogP contribution in [0.3, 0.4) is 0 Å². The number of nitrogens with zero attached hydrogens (tertiary/aromatic N) is 3. The van der Waals surface area contributed by atoms with E-state index >= 15 is 0 Å². The largest absolute Gasteiger partial charge is 0.312 e. The number of hydrogen-bond donors (Lipinski definition) is 1. The maximum atomic E-state index is 13.5. The second-order valence-corrected chi connectivity index (χ2v) is 8.36. The van der Waals surface area contributed by atoms with Crippen molar-refractivity contribution in [2.75, 3.05) is 5.32 Å². The van der Waals surface area contributed by atoms with E-state index in [1.807, 2.05) is 60.7 Å². The van der Waals surface area contributed by atoms with E-state index < -0.39 is 11.5 Å². The van der Waals surface area contributed by atoms with E-state index in [1.54, 1.807) is 35.3 Å². The van der Waals surface area contributed by atoms with Gasteiger partial charge in [-0.15, -0.1) is 0 Å². The highest BCUT2D eigenvalue weighted by atomic mass is 19.1. The fourth-order valence-electron chi connectivity index (χ4n) is 4.02. The first kappa shape index (κ1) is 23.0. The number of rotatable bonds is 7. The van der Waals surface area contributed by atoms with E-state index in [-0.39, 0.29) is 11.4 Å². The molecular weight excluding hydrogens is 455 g/mol. The lowest BCUT2D eigenvalue weighted by molar-refractivity contribution is 0.102. The van der Waals surface area contributed by atoms with Gasteiger partial charge in [-0.1, -0.05) is 60.7 Å². The van der Waals surface area contributed by atoms with Gasteiger partial charge in [0.25, 0.3) is 11.5 Å². The van der Waals surface area contributed by atoms with Crippen molar-refractivity contribution in [1.82, 2.24) is 14.1 Å². The summed E-state index contributed by atoms with van der Waals surface area (Å²) in [6.45, 7) is 0.811. The molecule has 1 amide bonds. The number of benzene rings is 3. The molecule has 3 aromatic carbocycles. The van der Waals surface area contributed by atoms with E-state index in [9.17, 15) is 14.0 Å². The van der Waals surface area contributed by atoms with E-state index in [0.717, 1.165) is 11.1 Å². The Morgan fingerprint density at radius 3 is 2.03 bits per heavy atom. The van der Waals surface area contributed by atoms with Gasteiger partial charge < -0.3 is 14.5 Å². The molecule has 0 fully saturated rings. The molecule has 7 heteroatoms. The van der Waals surface area contributed by atoms with Crippen molar-refractivity contribution in [2.45, 2.75) is 13.1 Å². The lowest BCUT2D eigenvalue weighted by Crippen LogP contribution is -2.29. The molecule has 0 unspecified atom stereocenters. The zero-order valence-corrected chi connectivity index (χ0v) is 19.3. The van der Waals surface area contributed by atoms with E-state index in [1.165, 1.54) is 22.8 Å². The molecule has 5 aromatic rings. The summed E-state index contributed by atoms with van der Waals surface area (Å²) in [5.74, 6) is -0.481. The van der Waals surface area contributed by atoms with Gasteiger partial charge in [0, 0.05) is 11.8 Å². The molecule has 2 heterocycles. The highest BCUT2D eigenvalue weighted by Crippen LogP contribution is 2.28. The monoisotopic (exact) mass is 478 g/mol. The minimum atomic E-state index is -0.541. The summed E-state index contributed by atoms with van der Waals surface area (Å²) in [5, 5.41) is 2.90. The van der Waals surface area contributed by atoms with Crippen LogP contribution in [-0.2, 0) is 13.1 Å². The Bertz CT molecular complexity index is 1540. The topological polar surface area (TPSA) is 68.9 Å². The number of carbonyl (C=O) groups is 1. The Morgan fingerprint density at radius 2 is 1.39 bits per heavy atom. The van der Waals surface area contributed by atoms with Crippen molar-refractivity contribution >= 4 is 11.7 Å². The summed E-state index contributed by atoms with van der Waals surface area (Å²) in [6, 6.07) is 28.4. The average Bonchev–Trinajstić information content (AvgIpc) is 3.28. The molecule has 0 spiro atoms. The zero-order chi connectivity index (χ0) is 24.9. The molecule has 5 rings (SSSR count). The predicted octanol–water partition coefficient (Wildman–Crippen LogP) is 5.20. The number of hydrogen-bond acceptors (Lipinski definition) is 3. The third kappa shape index (κ3) is 5.00. The molecule has 0 aliphatic rings. The van der Waals surface area contributed by atoms with Crippen molar-refractivity contribution in [1.29, 1.82) is 0 Å². The SMILES string of the molecule is O=C(Nc1c(-c2ccc(F)cc2)ncn1Cc1ccccc1)c1cccn(Cc2ccccc2)c1=O. The van der Waals surface area contributed by atoms with Crippen molar-refractivity contribution in [3.63, 3.8) is 0 Å². The number of imidazole rings is 1. The van der Waals surface area contributed by atoms with Crippen LogP contribution in [0.25, 0.3) is 11.3 Å². The molecule has 178 valence electrons. The molecule has 2 aromatic heterocycles. The van der Waals surface area contributed by atoms with Crippen LogP contribution in [0.1, 0.15) is 21.5 Å². The van der Waals surface area contributed by atoms with Crippen LogP contribution in [-0.4, -0.2) is 20.0 Å². The predicted molar refractivity (Wildman–Crippen MR) is 137 cm³/mol. The minimum Gasteiger partial charge on any atom is -0.312 e. The normalized spacial score (nSPS) is 10.8. The fourth-order valence-corrected chi connectivity index (χ4v) is 4.02. The molecule has 1 N–H and O–H groups in total. The zero-order valence-electron chi connectivity index (χ0n) is 19.3. The van der Waals surface area contributed by atoms with Crippen LogP contribution in [0.2, 0.25) is 0 Å². The van der Waals surface area contributed by atoms with E-state index in [4.69, 9.17) is 0 Å². The third-order valence-corrected chi connectivity index (χ3v) is 5.84. The molecule has 36 heavy (non-hydrogen) atoms. The highest BCUT2D eigenvalue weighted by molar-refractivity contribution is 6.05. The molecule has 0 saturated heterocycles. The summed E-state index contributed by atoms with van der Waals surface area (Å²) < 4.78 is 16.8. The lowest BCUT2D eigenvalue weighted by Gasteiger charge is -2.13. The van der Waals surface area contributed by atoms with Gasteiger partial charge in [-0.25, -0.2) is 9.37 Å². The number of halogens is 1. The molecule has 0 aliphatic heterocycles. The summed E-state index contributed by atoms with van der Waals surface area (Å²) in [5.41, 5.74) is 2.73. The van der Waals surface area contributed by atoms with E-state index in [0.29, 0.717) is 30.2 Å². The lowest BCUT2D eigenvalue weighted by atomic mass is 10.1. The van der Waals surface area contributed by atoms with Gasteiger partial charge in [-0.3, -0.25) is 9.59 Å². The quantitative estimate of drug-likeness (QED) is 0.350. The second-order valence-electron chi connectivity index (χ2n) is 8.36. The van der Waals surface area contributed by atoms with Crippen molar-refractivity contribution in [3.8, 4) is 11.3 Å². The first-order valence-electron chi connectivity index (χ1n) is 11.5. The molecule has 0 saturated carbocycles. The number of carbonyl (C=O) groups excluding carboxylic acids is 1. The van der Waals surface area contributed by atoms with Gasteiger partial charge in [0.05, 0.1) is 19.4 Å². The Hall–Kier alpha value is -4.78. The molecular formula is C29H23FN4O2. The smallest absolute Gasteiger partial charge is 0.263 e. The van der Waals surface area contributed by atoms with Crippen molar-refractivity contribution < 1.29 is 9.18 Å². The summed E-state index contributed by atoms with van der Waals surface area (Å²) in [6.07, 6.45) is 3.29. The average molecular weight is 479 g/mol. The van der Waals surface area contributed by atoms with Gasteiger partial charge in [-0.2, -0.15) is 0 Å². The first-order valence-corrected chi connectivity index (χ1v) is 11.5. The molecule has 0 aliphatic carbocycles. The number of amides is 1. The maximum Gasteiger partial charge on any atom is 0.263 e. The molecule has 6 nitrogen and oxygen atoms in total. The van der Waals surface area contributed by atoms with Gasteiger partial charge >= 0.3 is 0 Å². The second kappa shape index (κ2) is 10.2. The van der Waals surface area contributed by atoms with Crippen LogP contribution >= 0.6 is 0 Å². The summed E-state index contributed by atoms with van der Waals surface area (Å²) >= 11 is 0. The van der Waals surface area contributed by atoms with Gasteiger partial charge in [-0.05, 0) is 47.5 Å². The van der Waals surface area contributed by atoms with E-state index in [2.05, 4.69) is 10.3 Å². The molecule has 0 atom stereocenters. The van der Waals surface area contributed by atoms with Crippen LogP contribution in [0.5, 0.6) is 0 Å². The summed E-state index contributed by atoms with van der Waals surface area (Å²) in [4.78, 5) is 31.0. The number of aromatic nitrogens is 3. The van der Waals surface area contributed by atoms with Crippen molar-refractivity contribution in [2.24, 2.45) is 0 Å². The standard InChI is InChI=1S/C29H23FN4O2/c30-24-15-13-23(14-16-24)26-27(34(20-31-26)19-22-10-5-2-6-11-22)32-28(35)25-12-7-17-33(29(25)36)18-21-8-3-1-4-9-21/h1-17,20H,18-19H2,(H,32,35). The van der Waals surface area contributed by atoms with Crippen LogP contribution in [0.15, 0.2) is 114 Å². The summed E-state index contributed by atoms with van der Waals surface area (Å²) in [7, 11) is 0. The Kier molecular flexibility index (Phi) is 6.53. The van der Waals surface area contributed by atoms with Crippen LogP contribution < -0.4 is 10.9 Å². The van der Waals surface area contributed by atoms with Gasteiger partial charge in [0.1, 0.15) is 22.9 Å². The van der Waals surface area contributed by atoms with Gasteiger partial charge in [0.15, 0.2) is 0 Å². The Balaban J connectivity index is 1.49. The maximum absolute atomic E-state index is 13.5. The van der Waals surface area contributed by atoms with Crippen LogP contribution in [0, 0.1) is 5.82 Å².